The van der Waals surface area contributed by atoms with Crippen molar-refractivity contribution >= 4 is 23.7 Å². The summed E-state index contributed by atoms with van der Waals surface area (Å²) in [4.78, 5) is 50.6. The molecule has 2 atom stereocenters. The first-order valence-corrected chi connectivity index (χ1v) is 10.1. The van der Waals surface area contributed by atoms with E-state index in [4.69, 9.17) is 4.74 Å². The Hall–Kier alpha value is -2.16. The Balaban J connectivity index is 1.98. The van der Waals surface area contributed by atoms with Gasteiger partial charge in [0.25, 0.3) is 0 Å². The zero-order valence-electron chi connectivity index (χ0n) is 17.0. The van der Waals surface area contributed by atoms with Crippen LogP contribution < -0.4 is 16.0 Å². The molecule has 158 valence electrons. The number of ether oxygens (including phenoxy) is 1. The summed E-state index contributed by atoms with van der Waals surface area (Å²) in [6.45, 7) is 7.54. The lowest BCUT2D eigenvalue weighted by atomic mass is 9.99. The summed E-state index contributed by atoms with van der Waals surface area (Å²) < 4.78 is 5.25. The van der Waals surface area contributed by atoms with Crippen molar-refractivity contribution in [1.82, 2.24) is 20.9 Å². The van der Waals surface area contributed by atoms with E-state index in [0.29, 0.717) is 32.5 Å². The molecule has 3 amide bonds. The minimum absolute atomic E-state index is 0.0871. The van der Waals surface area contributed by atoms with E-state index in [1.807, 2.05) is 13.8 Å². The summed E-state index contributed by atoms with van der Waals surface area (Å²) in [7, 11) is 0. The van der Waals surface area contributed by atoms with Crippen LogP contribution >= 0.6 is 0 Å². The molecule has 9 nitrogen and oxygen atoms in total. The highest BCUT2D eigenvalue weighted by molar-refractivity contribution is 5.92. The van der Waals surface area contributed by atoms with Gasteiger partial charge in [0.05, 0.1) is 18.5 Å². The molecule has 0 unspecified atom stereocenters. The molecule has 0 radical (unpaired) electrons. The van der Waals surface area contributed by atoms with E-state index in [-0.39, 0.29) is 55.0 Å². The molecule has 9 heteroatoms. The first-order chi connectivity index (χ1) is 13.3. The second-order valence-electron chi connectivity index (χ2n) is 7.88. The normalized spacial score (nSPS) is 20.3. The molecule has 0 spiro atoms. The number of carbonyl (C=O) groups is 4. The smallest absolute Gasteiger partial charge is 0.408 e. The molecule has 2 saturated heterocycles. The summed E-state index contributed by atoms with van der Waals surface area (Å²) >= 11 is 0. The van der Waals surface area contributed by atoms with Crippen molar-refractivity contribution in [3.8, 4) is 0 Å². The van der Waals surface area contributed by atoms with Crippen LogP contribution in [0.2, 0.25) is 0 Å². The second-order valence-corrected chi connectivity index (χ2v) is 7.88. The highest BCUT2D eigenvalue weighted by atomic mass is 16.6. The molecule has 2 rings (SSSR count). The summed E-state index contributed by atoms with van der Waals surface area (Å²) in [5, 5.41) is 8.41. The monoisotopic (exact) mass is 396 g/mol. The SMILES string of the molecule is CCC(=O)N(CC(=O)[C@H](CC(C)C)NC(=O)OC1CNC1)C[C@@H]1CCNC1=O. The quantitative estimate of drug-likeness (QED) is 0.480. The zero-order chi connectivity index (χ0) is 20.7. The number of hydrogen-bond donors (Lipinski definition) is 3. The molecule has 0 bridgehead atoms. The number of Topliss-reactive ketones (excluding diaryl/α,β-unsaturated/α-hetero) is 1. The van der Waals surface area contributed by atoms with E-state index < -0.39 is 12.1 Å². The fourth-order valence-electron chi connectivity index (χ4n) is 3.28. The fraction of sp³-hybridized carbons (Fsp3) is 0.789. The van der Waals surface area contributed by atoms with Crippen molar-refractivity contribution < 1.29 is 23.9 Å². The van der Waals surface area contributed by atoms with Crippen LogP contribution in [0.1, 0.15) is 40.0 Å². The number of nitrogens with one attached hydrogen (secondary N) is 3. The van der Waals surface area contributed by atoms with Gasteiger partial charge >= 0.3 is 6.09 Å². The number of alkyl carbamates (subject to hydrolysis) is 1. The van der Waals surface area contributed by atoms with Crippen molar-refractivity contribution in [2.45, 2.75) is 52.2 Å². The van der Waals surface area contributed by atoms with Crippen LogP contribution in [0.15, 0.2) is 0 Å². The van der Waals surface area contributed by atoms with Crippen LogP contribution in [-0.2, 0) is 19.1 Å². The summed E-state index contributed by atoms with van der Waals surface area (Å²) in [5.41, 5.74) is 0. The van der Waals surface area contributed by atoms with E-state index in [1.165, 1.54) is 4.90 Å². The molecule has 0 saturated carbocycles. The number of hydrogen-bond acceptors (Lipinski definition) is 6. The Morgan fingerprint density at radius 1 is 1.29 bits per heavy atom. The van der Waals surface area contributed by atoms with Gasteiger partial charge in [-0.1, -0.05) is 20.8 Å². The third-order valence-electron chi connectivity index (χ3n) is 5.01. The van der Waals surface area contributed by atoms with Crippen LogP contribution in [0.4, 0.5) is 4.79 Å². The number of rotatable bonds is 10. The Morgan fingerprint density at radius 3 is 2.50 bits per heavy atom. The Morgan fingerprint density at radius 2 is 2.00 bits per heavy atom. The highest BCUT2D eigenvalue weighted by Crippen LogP contribution is 2.14. The van der Waals surface area contributed by atoms with Gasteiger partial charge in [-0.05, 0) is 18.8 Å². The lowest BCUT2D eigenvalue weighted by Gasteiger charge is -2.29. The van der Waals surface area contributed by atoms with Crippen LogP contribution in [0.3, 0.4) is 0 Å². The molecule has 0 aromatic carbocycles. The molecular weight excluding hydrogens is 364 g/mol. The van der Waals surface area contributed by atoms with E-state index in [1.54, 1.807) is 6.92 Å². The van der Waals surface area contributed by atoms with Crippen LogP contribution in [0, 0.1) is 11.8 Å². The second kappa shape index (κ2) is 10.4. The van der Waals surface area contributed by atoms with Gasteiger partial charge in [-0.15, -0.1) is 0 Å². The third kappa shape index (κ3) is 6.47. The molecule has 28 heavy (non-hydrogen) atoms. The summed E-state index contributed by atoms with van der Waals surface area (Å²) in [6.07, 6.45) is 0.564. The van der Waals surface area contributed by atoms with Crippen molar-refractivity contribution in [2.75, 3.05) is 32.7 Å². The van der Waals surface area contributed by atoms with Crippen molar-refractivity contribution in [3.05, 3.63) is 0 Å². The van der Waals surface area contributed by atoms with Gasteiger partial charge < -0.3 is 25.6 Å². The van der Waals surface area contributed by atoms with Crippen molar-refractivity contribution in [1.29, 1.82) is 0 Å². The van der Waals surface area contributed by atoms with Gasteiger partial charge in [0.2, 0.25) is 11.8 Å². The Labute approximate surface area is 165 Å². The van der Waals surface area contributed by atoms with Crippen molar-refractivity contribution in [2.24, 2.45) is 11.8 Å². The zero-order valence-corrected chi connectivity index (χ0v) is 17.0. The first kappa shape index (κ1) is 22.1. The molecule has 3 N–H and O–H groups in total. The van der Waals surface area contributed by atoms with E-state index in [9.17, 15) is 19.2 Å². The maximum Gasteiger partial charge on any atom is 0.408 e. The molecular formula is C19H32N4O5. The third-order valence-corrected chi connectivity index (χ3v) is 5.01. The fourth-order valence-corrected chi connectivity index (χ4v) is 3.28. The molecule has 2 fully saturated rings. The highest BCUT2D eigenvalue weighted by Gasteiger charge is 2.31. The number of nitrogens with zero attached hydrogens (tertiary/aromatic N) is 1. The number of ketones is 1. The largest absolute Gasteiger partial charge is 0.444 e. The molecule has 2 aliphatic rings. The predicted molar refractivity (Wildman–Crippen MR) is 103 cm³/mol. The maximum absolute atomic E-state index is 12.9. The van der Waals surface area contributed by atoms with Gasteiger partial charge in [0.15, 0.2) is 5.78 Å². The number of amides is 3. The lowest BCUT2D eigenvalue weighted by Crippen LogP contribution is -2.53. The predicted octanol–water partition coefficient (Wildman–Crippen LogP) is 0.0429. The molecule has 0 aromatic rings. The van der Waals surface area contributed by atoms with Crippen molar-refractivity contribution in [3.63, 3.8) is 0 Å². The Bertz CT molecular complexity index is 591. The van der Waals surface area contributed by atoms with Gasteiger partial charge in [-0.2, -0.15) is 0 Å². The summed E-state index contributed by atoms with van der Waals surface area (Å²) in [6, 6.07) is -0.731. The molecule has 0 aliphatic carbocycles. The Kier molecular flexibility index (Phi) is 8.22. The van der Waals surface area contributed by atoms with Crippen LogP contribution in [0.25, 0.3) is 0 Å². The minimum Gasteiger partial charge on any atom is -0.444 e. The molecule has 2 aliphatic heterocycles. The van der Waals surface area contributed by atoms with E-state index in [2.05, 4.69) is 16.0 Å². The van der Waals surface area contributed by atoms with Gasteiger partial charge in [0.1, 0.15) is 6.10 Å². The van der Waals surface area contributed by atoms with Gasteiger partial charge in [-0.3, -0.25) is 14.4 Å². The first-order valence-electron chi connectivity index (χ1n) is 10.1. The van der Waals surface area contributed by atoms with E-state index in [0.717, 1.165) is 0 Å². The molecule has 0 aromatic heterocycles. The lowest BCUT2D eigenvalue weighted by molar-refractivity contribution is -0.137. The van der Waals surface area contributed by atoms with Gasteiger partial charge in [-0.25, -0.2) is 4.79 Å². The summed E-state index contributed by atoms with van der Waals surface area (Å²) in [5.74, 6) is -0.639. The maximum atomic E-state index is 12.9. The minimum atomic E-state index is -0.731. The average Bonchev–Trinajstić information content (AvgIpc) is 3.00. The standard InChI is InChI=1S/C19H32N4O5/c1-4-17(25)23(10-13-5-6-21-18(13)26)11-16(24)15(7-12(2)3)22-19(27)28-14-8-20-9-14/h12-15,20H,4-11H2,1-3H3,(H,21,26)(H,22,27)/t13-,15-/m0/s1. The topological polar surface area (TPSA) is 117 Å². The molecule has 2 heterocycles. The average molecular weight is 396 g/mol. The van der Waals surface area contributed by atoms with Gasteiger partial charge in [0, 0.05) is 32.6 Å². The number of carbonyl (C=O) groups excluding carboxylic acids is 4. The van der Waals surface area contributed by atoms with Crippen LogP contribution in [-0.4, -0.2) is 73.5 Å². The van der Waals surface area contributed by atoms with E-state index >= 15 is 0 Å². The van der Waals surface area contributed by atoms with Crippen LogP contribution in [0.5, 0.6) is 0 Å².